The van der Waals surface area contributed by atoms with Crippen LogP contribution in [0.3, 0.4) is 0 Å². The molecule has 98 valence electrons. The molecule has 0 bridgehead atoms. The van der Waals surface area contributed by atoms with Gasteiger partial charge in [0, 0.05) is 5.39 Å². The largest absolute Gasteiger partial charge is 0.382 e. The normalized spacial score (nSPS) is 11.4. The average molecular weight is 280 g/mol. The lowest BCUT2D eigenvalue weighted by molar-refractivity contribution is 0.713. The second-order valence-corrected chi connectivity index (χ2v) is 5.75. The van der Waals surface area contributed by atoms with Crippen LogP contribution in [-0.4, -0.2) is 14.8 Å². The molecular weight excluding hydrogens is 268 g/mol. The van der Waals surface area contributed by atoms with Gasteiger partial charge >= 0.3 is 0 Å². The van der Waals surface area contributed by atoms with Crippen LogP contribution in [0.25, 0.3) is 21.1 Å². The first-order chi connectivity index (χ1) is 9.81. The molecule has 0 aliphatic carbocycles. The summed E-state index contributed by atoms with van der Waals surface area (Å²) in [7, 11) is 0. The predicted octanol–water partition coefficient (Wildman–Crippen LogP) is 3.28. The van der Waals surface area contributed by atoms with Crippen LogP contribution in [-0.2, 0) is 6.54 Å². The zero-order chi connectivity index (χ0) is 13.5. The minimum atomic E-state index is 0.571. The van der Waals surface area contributed by atoms with Crippen molar-refractivity contribution in [2.45, 2.75) is 6.54 Å². The van der Waals surface area contributed by atoms with E-state index < -0.39 is 0 Å². The number of rotatable bonds is 2. The van der Waals surface area contributed by atoms with Crippen LogP contribution in [0.2, 0.25) is 0 Å². The van der Waals surface area contributed by atoms with Gasteiger partial charge in [-0.05, 0) is 24.3 Å². The zero-order valence-corrected chi connectivity index (χ0v) is 11.5. The Morgan fingerprint density at radius 1 is 1.05 bits per heavy atom. The number of anilines is 1. The molecule has 0 saturated carbocycles. The first-order valence-electron chi connectivity index (χ1n) is 6.37. The smallest absolute Gasteiger partial charge is 0.153 e. The summed E-state index contributed by atoms with van der Waals surface area (Å²) in [6.07, 6.45) is 0. The Morgan fingerprint density at radius 2 is 1.85 bits per heavy atom. The van der Waals surface area contributed by atoms with Crippen molar-refractivity contribution in [1.82, 2.24) is 14.8 Å². The molecule has 0 atom stereocenters. The number of fused-ring (bicyclic) bond motifs is 2. The van der Waals surface area contributed by atoms with Crippen molar-refractivity contribution in [3.63, 3.8) is 0 Å². The van der Waals surface area contributed by atoms with Crippen LogP contribution in [0.1, 0.15) is 5.01 Å². The number of thiazole rings is 1. The van der Waals surface area contributed by atoms with Gasteiger partial charge in [-0.3, -0.25) is 4.68 Å². The highest BCUT2D eigenvalue weighted by Gasteiger charge is 2.10. The van der Waals surface area contributed by atoms with Crippen molar-refractivity contribution in [3.8, 4) is 0 Å². The second-order valence-electron chi connectivity index (χ2n) is 4.64. The molecule has 0 saturated heterocycles. The summed E-state index contributed by atoms with van der Waals surface area (Å²) in [5.41, 5.74) is 8.04. The standard InChI is InChI=1S/C15H12N4S/c16-15-10-5-1-3-7-12(10)19(18-15)9-14-17-11-6-2-4-8-13(11)20-14/h1-8H,9H2,(H2,16,18). The molecule has 4 rings (SSSR count). The summed E-state index contributed by atoms with van der Waals surface area (Å²) in [5, 5.41) is 6.45. The number of nitrogen functional groups attached to an aromatic ring is 1. The molecule has 0 spiro atoms. The summed E-state index contributed by atoms with van der Waals surface area (Å²) in [4.78, 5) is 4.64. The number of hydrogen-bond acceptors (Lipinski definition) is 4. The summed E-state index contributed by atoms with van der Waals surface area (Å²) in [6, 6.07) is 16.2. The maximum absolute atomic E-state index is 5.96. The van der Waals surface area contributed by atoms with Crippen molar-refractivity contribution >= 4 is 38.3 Å². The summed E-state index contributed by atoms with van der Waals surface area (Å²) in [6.45, 7) is 0.650. The van der Waals surface area contributed by atoms with E-state index in [0.29, 0.717) is 12.4 Å². The zero-order valence-electron chi connectivity index (χ0n) is 10.7. The van der Waals surface area contributed by atoms with Gasteiger partial charge in [-0.2, -0.15) is 5.10 Å². The van der Waals surface area contributed by atoms with Gasteiger partial charge in [0.05, 0.1) is 22.3 Å². The highest BCUT2D eigenvalue weighted by atomic mass is 32.1. The molecule has 0 aliphatic rings. The number of hydrogen-bond donors (Lipinski definition) is 1. The molecule has 4 aromatic rings. The maximum atomic E-state index is 5.96. The Kier molecular flexibility index (Phi) is 2.47. The van der Waals surface area contributed by atoms with Gasteiger partial charge < -0.3 is 5.73 Å². The van der Waals surface area contributed by atoms with E-state index in [2.05, 4.69) is 16.1 Å². The Balaban J connectivity index is 1.80. The lowest BCUT2D eigenvalue weighted by Crippen LogP contribution is -2.01. The molecule has 5 heteroatoms. The molecule has 2 aromatic heterocycles. The third-order valence-corrected chi connectivity index (χ3v) is 4.33. The Bertz CT molecular complexity index is 873. The highest BCUT2D eigenvalue weighted by molar-refractivity contribution is 7.18. The fourth-order valence-electron chi connectivity index (χ4n) is 2.39. The SMILES string of the molecule is Nc1nn(Cc2nc3ccccc3s2)c2ccccc12. The average Bonchev–Trinajstić information content (AvgIpc) is 3.01. The molecule has 0 fully saturated rings. The lowest BCUT2D eigenvalue weighted by Gasteiger charge is -1.99. The van der Waals surface area contributed by atoms with E-state index in [1.165, 1.54) is 4.70 Å². The predicted molar refractivity (Wildman–Crippen MR) is 82.9 cm³/mol. The van der Waals surface area contributed by atoms with Crippen LogP contribution in [0, 0.1) is 0 Å². The van der Waals surface area contributed by atoms with E-state index in [1.807, 2.05) is 47.1 Å². The Hall–Kier alpha value is -2.40. The third kappa shape index (κ3) is 1.75. The van der Waals surface area contributed by atoms with Crippen LogP contribution in [0.15, 0.2) is 48.5 Å². The van der Waals surface area contributed by atoms with Gasteiger partial charge in [-0.1, -0.05) is 24.3 Å². The van der Waals surface area contributed by atoms with E-state index in [4.69, 9.17) is 5.73 Å². The number of para-hydroxylation sites is 2. The quantitative estimate of drug-likeness (QED) is 0.613. The molecule has 2 aromatic carbocycles. The van der Waals surface area contributed by atoms with Crippen molar-refractivity contribution in [2.75, 3.05) is 5.73 Å². The molecule has 0 unspecified atom stereocenters. The van der Waals surface area contributed by atoms with Gasteiger partial charge in [0.15, 0.2) is 5.82 Å². The van der Waals surface area contributed by atoms with Crippen LogP contribution >= 0.6 is 11.3 Å². The summed E-state index contributed by atoms with van der Waals surface area (Å²) >= 11 is 1.70. The van der Waals surface area contributed by atoms with Crippen LogP contribution in [0.5, 0.6) is 0 Å². The molecule has 0 radical (unpaired) electrons. The van der Waals surface area contributed by atoms with Crippen molar-refractivity contribution in [1.29, 1.82) is 0 Å². The van der Waals surface area contributed by atoms with Gasteiger partial charge in [-0.15, -0.1) is 11.3 Å². The van der Waals surface area contributed by atoms with E-state index in [1.54, 1.807) is 11.3 Å². The number of benzene rings is 2. The fraction of sp³-hybridized carbons (Fsp3) is 0.0667. The summed E-state index contributed by atoms with van der Waals surface area (Å²) < 4.78 is 3.12. The van der Waals surface area contributed by atoms with Crippen molar-refractivity contribution in [2.24, 2.45) is 0 Å². The van der Waals surface area contributed by atoms with E-state index in [-0.39, 0.29) is 0 Å². The van der Waals surface area contributed by atoms with Gasteiger partial charge in [-0.25, -0.2) is 4.98 Å². The van der Waals surface area contributed by atoms with Crippen molar-refractivity contribution < 1.29 is 0 Å². The van der Waals surface area contributed by atoms with E-state index >= 15 is 0 Å². The van der Waals surface area contributed by atoms with Gasteiger partial charge in [0.25, 0.3) is 0 Å². The van der Waals surface area contributed by atoms with E-state index in [9.17, 15) is 0 Å². The second kappa shape index (κ2) is 4.31. The minimum absolute atomic E-state index is 0.571. The number of nitrogens with two attached hydrogens (primary N) is 1. The lowest BCUT2D eigenvalue weighted by atomic mass is 10.2. The van der Waals surface area contributed by atoms with E-state index in [0.717, 1.165) is 21.4 Å². The molecule has 20 heavy (non-hydrogen) atoms. The third-order valence-electron chi connectivity index (χ3n) is 3.31. The molecule has 2 N–H and O–H groups in total. The number of nitrogens with zero attached hydrogens (tertiary/aromatic N) is 3. The Morgan fingerprint density at radius 3 is 2.75 bits per heavy atom. The first-order valence-corrected chi connectivity index (χ1v) is 7.18. The highest BCUT2D eigenvalue weighted by Crippen LogP contribution is 2.25. The summed E-state index contributed by atoms with van der Waals surface area (Å²) in [5.74, 6) is 0.571. The number of aromatic nitrogens is 3. The van der Waals surface area contributed by atoms with Gasteiger partial charge in [0.2, 0.25) is 0 Å². The molecular formula is C15H12N4S. The first kappa shape index (κ1) is 11.4. The molecule has 4 nitrogen and oxygen atoms in total. The fourth-order valence-corrected chi connectivity index (χ4v) is 3.34. The molecule has 0 aliphatic heterocycles. The van der Waals surface area contributed by atoms with Crippen molar-refractivity contribution in [3.05, 3.63) is 53.5 Å². The molecule has 0 amide bonds. The monoisotopic (exact) mass is 280 g/mol. The Labute approximate surface area is 119 Å². The van der Waals surface area contributed by atoms with Crippen LogP contribution < -0.4 is 5.73 Å². The van der Waals surface area contributed by atoms with Gasteiger partial charge in [0.1, 0.15) is 5.01 Å². The van der Waals surface area contributed by atoms with Crippen LogP contribution in [0.4, 0.5) is 5.82 Å². The topological polar surface area (TPSA) is 56.7 Å². The molecule has 2 heterocycles. The minimum Gasteiger partial charge on any atom is -0.382 e. The maximum Gasteiger partial charge on any atom is 0.153 e.